The number of ether oxygens (including phenoxy) is 3. The minimum Gasteiger partial charge on any atom is -0.493 e. The Labute approximate surface area is 145 Å². The summed E-state index contributed by atoms with van der Waals surface area (Å²) < 4.78 is 21.9. The van der Waals surface area contributed by atoms with Crippen LogP contribution in [0.5, 0.6) is 17.2 Å². The van der Waals surface area contributed by atoms with Crippen molar-refractivity contribution in [2.24, 2.45) is 5.73 Å². The zero-order chi connectivity index (χ0) is 17.3. The average Bonchev–Trinajstić information content (AvgIpc) is 3.29. The molecule has 2 aromatic rings. The maximum Gasteiger partial charge on any atom is 0.250 e. The molecular weight excluding hydrogens is 322 g/mol. The van der Waals surface area contributed by atoms with E-state index in [4.69, 9.17) is 24.5 Å². The van der Waals surface area contributed by atoms with Crippen LogP contribution in [0.2, 0.25) is 0 Å². The van der Waals surface area contributed by atoms with Crippen LogP contribution in [0.3, 0.4) is 0 Å². The van der Waals surface area contributed by atoms with Gasteiger partial charge >= 0.3 is 0 Å². The van der Waals surface area contributed by atoms with E-state index in [1.54, 1.807) is 13.2 Å². The molecule has 1 saturated carbocycles. The van der Waals surface area contributed by atoms with Gasteiger partial charge in [-0.2, -0.15) is 4.98 Å². The van der Waals surface area contributed by atoms with E-state index >= 15 is 0 Å². The summed E-state index contributed by atoms with van der Waals surface area (Å²) in [6, 6.07) is 3.77. The Bertz CT molecular complexity index is 776. The number of hydrogen-bond donors (Lipinski definition) is 1. The first-order valence-corrected chi connectivity index (χ1v) is 8.47. The van der Waals surface area contributed by atoms with Crippen molar-refractivity contribution in [3.63, 3.8) is 0 Å². The van der Waals surface area contributed by atoms with E-state index < -0.39 is 5.54 Å². The molecule has 2 heterocycles. The lowest BCUT2D eigenvalue weighted by molar-refractivity contribution is 0.165. The van der Waals surface area contributed by atoms with Crippen molar-refractivity contribution >= 4 is 12.2 Å². The van der Waals surface area contributed by atoms with Crippen LogP contribution in [0.25, 0.3) is 12.2 Å². The van der Waals surface area contributed by atoms with E-state index in [0.717, 1.165) is 31.2 Å². The van der Waals surface area contributed by atoms with Crippen molar-refractivity contribution in [2.45, 2.75) is 31.2 Å². The van der Waals surface area contributed by atoms with Crippen molar-refractivity contribution in [1.82, 2.24) is 10.1 Å². The second-order valence-electron chi connectivity index (χ2n) is 6.40. The standard InChI is InChI=1S/C18H21N3O4/c1-22-13-10-12(11-14-16(13)24-9-8-23-14)4-5-15-20-17(21-25-15)18(19)6-2-3-7-18/h4-5,10-11H,2-3,6-9,19H2,1H3/b5-4+. The average molecular weight is 343 g/mol. The van der Waals surface area contributed by atoms with Crippen LogP contribution in [0, 0.1) is 0 Å². The van der Waals surface area contributed by atoms with Gasteiger partial charge in [0, 0.05) is 6.08 Å². The quantitative estimate of drug-likeness (QED) is 0.912. The lowest BCUT2D eigenvalue weighted by atomic mass is 9.99. The fourth-order valence-electron chi connectivity index (χ4n) is 3.29. The van der Waals surface area contributed by atoms with Gasteiger partial charge in [0.05, 0.1) is 12.6 Å². The third-order valence-electron chi connectivity index (χ3n) is 4.65. The molecule has 1 aromatic carbocycles. The Balaban J connectivity index is 1.57. The Morgan fingerprint density at radius 3 is 2.76 bits per heavy atom. The second-order valence-corrected chi connectivity index (χ2v) is 6.40. The van der Waals surface area contributed by atoms with Crippen LogP contribution in [0.4, 0.5) is 0 Å². The number of nitrogens with two attached hydrogens (primary N) is 1. The third-order valence-corrected chi connectivity index (χ3v) is 4.65. The number of nitrogens with zero attached hydrogens (tertiary/aromatic N) is 2. The van der Waals surface area contributed by atoms with Gasteiger partial charge in [0.1, 0.15) is 13.2 Å². The maximum absolute atomic E-state index is 6.36. The number of rotatable bonds is 4. The van der Waals surface area contributed by atoms with Crippen LogP contribution < -0.4 is 19.9 Å². The molecule has 0 unspecified atom stereocenters. The second kappa shape index (κ2) is 6.40. The fraction of sp³-hybridized carbons (Fsp3) is 0.444. The van der Waals surface area contributed by atoms with E-state index in [1.807, 2.05) is 18.2 Å². The van der Waals surface area contributed by atoms with Crippen LogP contribution in [-0.2, 0) is 5.54 Å². The molecular formula is C18H21N3O4. The summed E-state index contributed by atoms with van der Waals surface area (Å²) in [7, 11) is 1.60. The minimum absolute atomic E-state index is 0.431. The first kappa shape index (κ1) is 16.0. The van der Waals surface area contributed by atoms with Gasteiger partial charge in [-0.3, -0.25) is 0 Å². The predicted octanol–water partition coefficient (Wildman–Crippen LogP) is 2.75. The number of aromatic nitrogens is 2. The van der Waals surface area contributed by atoms with Crippen LogP contribution in [0.15, 0.2) is 16.7 Å². The SMILES string of the molecule is COc1cc(/C=C/c2nc(C3(N)CCCC3)no2)cc2c1OCCO2. The van der Waals surface area contributed by atoms with Crippen molar-refractivity contribution in [3.05, 3.63) is 29.4 Å². The Kier molecular flexibility index (Phi) is 4.09. The van der Waals surface area contributed by atoms with Crippen LogP contribution in [-0.4, -0.2) is 30.5 Å². The molecule has 4 rings (SSSR count). The summed E-state index contributed by atoms with van der Waals surface area (Å²) in [5.41, 5.74) is 6.80. The molecule has 0 spiro atoms. The van der Waals surface area contributed by atoms with Crippen molar-refractivity contribution in [1.29, 1.82) is 0 Å². The highest BCUT2D eigenvalue weighted by Crippen LogP contribution is 2.40. The minimum atomic E-state index is -0.449. The molecule has 1 fully saturated rings. The fourth-order valence-corrected chi connectivity index (χ4v) is 3.29. The monoisotopic (exact) mass is 343 g/mol. The highest BCUT2D eigenvalue weighted by Gasteiger charge is 2.35. The van der Waals surface area contributed by atoms with E-state index in [1.165, 1.54) is 0 Å². The number of methoxy groups -OCH3 is 1. The summed E-state index contributed by atoms with van der Waals surface area (Å²) in [6.45, 7) is 1.04. The molecule has 2 aliphatic rings. The molecule has 7 heteroatoms. The van der Waals surface area contributed by atoms with E-state index in [2.05, 4.69) is 10.1 Å². The first-order valence-electron chi connectivity index (χ1n) is 8.47. The Morgan fingerprint density at radius 2 is 1.96 bits per heavy atom. The van der Waals surface area contributed by atoms with Crippen LogP contribution in [0.1, 0.15) is 43.0 Å². The van der Waals surface area contributed by atoms with Gasteiger partial charge in [0.2, 0.25) is 5.75 Å². The van der Waals surface area contributed by atoms with Crippen molar-refractivity contribution < 1.29 is 18.7 Å². The Morgan fingerprint density at radius 1 is 1.16 bits per heavy atom. The Hall–Kier alpha value is -2.54. The molecule has 0 radical (unpaired) electrons. The smallest absolute Gasteiger partial charge is 0.250 e. The highest BCUT2D eigenvalue weighted by molar-refractivity contribution is 5.70. The summed E-state index contributed by atoms with van der Waals surface area (Å²) in [4.78, 5) is 4.43. The van der Waals surface area contributed by atoms with Crippen molar-refractivity contribution in [2.75, 3.05) is 20.3 Å². The van der Waals surface area contributed by atoms with Gasteiger partial charge in [0.15, 0.2) is 17.3 Å². The molecule has 7 nitrogen and oxygen atoms in total. The molecule has 1 aliphatic heterocycles. The number of benzene rings is 1. The molecule has 0 atom stereocenters. The van der Waals surface area contributed by atoms with Gasteiger partial charge in [-0.25, -0.2) is 0 Å². The molecule has 25 heavy (non-hydrogen) atoms. The molecule has 1 aromatic heterocycles. The maximum atomic E-state index is 6.36. The van der Waals surface area contributed by atoms with E-state index in [-0.39, 0.29) is 0 Å². The van der Waals surface area contributed by atoms with Crippen molar-refractivity contribution in [3.8, 4) is 17.2 Å². The molecule has 132 valence electrons. The summed E-state index contributed by atoms with van der Waals surface area (Å²) in [6.07, 6.45) is 7.64. The van der Waals surface area contributed by atoms with E-state index in [9.17, 15) is 0 Å². The molecule has 2 N–H and O–H groups in total. The predicted molar refractivity (Wildman–Crippen MR) is 91.5 cm³/mol. The number of fused-ring (bicyclic) bond motifs is 1. The lowest BCUT2D eigenvalue weighted by Gasteiger charge is -2.20. The van der Waals surface area contributed by atoms with Crippen LogP contribution >= 0.6 is 0 Å². The zero-order valence-corrected chi connectivity index (χ0v) is 14.2. The topological polar surface area (TPSA) is 92.6 Å². The van der Waals surface area contributed by atoms with Gasteiger partial charge in [-0.1, -0.05) is 18.0 Å². The first-order chi connectivity index (χ1) is 12.2. The summed E-state index contributed by atoms with van der Waals surface area (Å²) in [5.74, 6) is 2.96. The largest absolute Gasteiger partial charge is 0.493 e. The summed E-state index contributed by atoms with van der Waals surface area (Å²) >= 11 is 0. The zero-order valence-electron chi connectivity index (χ0n) is 14.2. The molecule has 0 bridgehead atoms. The molecule has 1 aliphatic carbocycles. The highest BCUT2D eigenvalue weighted by atomic mass is 16.6. The third kappa shape index (κ3) is 3.07. The number of hydrogen-bond acceptors (Lipinski definition) is 7. The summed E-state index contributed by atoms with van der Waals surface area (Å²) in [5, 5.41) is 4.05. The van der Waals surface area contributed by atoms with Gasteiger partial charge in [-0.15, -0.1) is 0 Å². The lowest BCUT2D eigenvalue weighted by Crippen LogP contribution is -2.34. The van der Waals surface area contributed by atoms with E-state index in [0.29, 0.717) is 42.2 Å². The van der Waals surface area contributed by atoms with Gasteiger partial charge < -0.3 is 24.5 Å². The normalized spacial score (nSPS) is 18.6. The molecule has 0 saturated heterocycles. The van der Waals surface area contributed by atoms with Gasteiger partial charge in [0.25, 0.3) is 5.89 Å². The molecule has 0 amide bonds. The van der Waals surface area contributed by atoms with Gasteiger partial charge in [-0.05, 0) is 36.6 Å².